The third-order valence-electron chi connectivity index (χ3n) is 4.27. The fourth-order valence-electron chi connectivity index (χ4n) is 3.19. The van der Waals surface area contributed by atoms with Crippen LogP contribution in [0, 0.1) is 0 Å². The molecule has 2 aliphatic rings. The van der Waals surface area contributed by atoms with Crippen LogP contribution in [0.4, 0.5) is 5.82 Å². The monoisotopic (exact) mass is 289 g/mol. The molecule has 2 aromatic rings. The Morgan fingerprint density at radius 1 is 1.29 bits per heavy atom. The number of rotatable bonds is 3. The molecule has 1 spiro atoms. The fraction of sp³-hybridized carbons (Fsp3) is 0.643. The van der Waals surface area contributed by atoms with Gasteiger partial charge in [0.25, 0.3) is 0 Å². The molecule has 1 aliphatic carbocycles. The van der Waals surface area contributed by atoms with Gasteiger partial charge in [0, 0.05) is 19.4 Å². The smallest absolute Gasteiger partial charge is 0.168 e. The lowest BCUT2D eigenvalue weighted by molar-refractivity contribution is -0.185. The molecule has 1 atom stereocenters. The van der Waals surface area contributed by atoms with E-state index >= 15 is 0 Å². The highest BCUT2D eigenvalue weighted by atomic mass is 16.7. The van der Waals surface area contributed by atoms with E-state index in [1.165, 1.54) is 25.6 Å². The van der Waals surface area contributed by atoms with Crippen molar-refractivity contribution in [2.24, 2.45) is 0 Å². The molecular formula is C14H19N5O2. The van der Waals surface area contributed by atoms with Crippen molar-refractivity contribution < 1.29 is 9.47 Å². The highest BCUT2D eigenvalue weighted by Gasteiger charge is 2.42. The van der Waals surface area contributed by atoms with Gasteiger partial charge in [0.1, 0.15) is 18.2 Å². The van der Waals surface area contributed by atoms with E-state index < -0.39 is 0 Å². The zero-order valence-corrected chi connectivity index (χ0v) is 11.8. The molecule has 0 amide bonds. The number of fused-ring (bicyclic) bond motifs is 1. The van der Waals surface area contributed by atoms with Gasteiger partial charge in [-0.3, -0.25) is 5.10 Å². The standard InChI is InChI=1S/C14H19N5O2/c1-2-4-14(5-3-1)20-8-10(21-14)6-15-12-11-7-18-19-13(11)17-9-16-12/h7,9-10H,1-6,8H2,(H2,15,16,17,18,19)/t10-/m1/s1. The van der Waals surface area contributed by atoms with E-state index in [0.29, 0.717) is 13.2 Å². The van der Waals surface area contributed by atoms with Gasteiger partial charge in [-0.25, -0.2) is 9.97 Å². The van der Waals surface area contributed by atoms with E-state index in [1.807, 2.05) is 0 Å². The minimum absolute atomic E-state index is 0.0695. The number of nitrogens with one attached hydrogen (secondary N) is 2. The van der Waals surface area contributed by atoms with Crippen LogP contribution in [0.25, 0.3) is 11.0 Å². The number of aromatic nitrogens is 4. The topological polar surface area (TPSA) is 85.0 Å². The first kappa shape index (κ1) is 13.0. The molecular weight excluding hydrogens is 270 g/mol. The SMILES string of the molecule is c1nc(NC[C@@H]2COC3(CCCCC3)O2)c2cn[nH]c2n1. The molecule has 1 saturated heterocycles. The van der Waals surface area contributed by atoms with E-state index in [2.05, 4.69) is 25.5 Å². The van der Waals surface area contributed by atoms with Gasteiger partial charge in [0.15, 0.2) is 11.4 Å². The average molecular weight is 289 g/mol. The number of aromatic amines is 1. The second-order valence-corrected chi connectivity index (χ2v) is 5.76. The van der Waals surface area contributed by atoms with E-state index in [-0.39, 0.29) is 11.9 Å². The Balaban J connectivity index is 1.40. The van der Waals surface area contributed by atoms with Crippen molar-refractivity contribution in [1.82, 2.24) is 20.2 Å². The van der Waals surface area contributed by atoms with Crippen molar-refractivity contribution in [3.63, 3.8) is 0 Å². The summed E-state index contributed by atoms with van der Waals surface area (Å²) in [7, 11) is 0. The van der Waals surface area contributed by atoms with Crippen molar-refractivity contribution in [3.05, 3.63) is 12.5 Å². The van der Waals surface area contributed by atoms with Crippen LogP contribution in [0.2, 0.25) is 0 Å². The van der Waals surface area contributed by atoms with Crippen LogP contribution in [0.15, 0.2) is 12.5 Å². The molecule has 2 fully saturated rings. The molecule has 4 rings (SSSR count). The molecule has 1 aliphatic heterocycles. The van der Waals surface area contributed by atoms with E-state index in [0.717, 1.165) is 29.7 Å². The summed E-state index contributed by atoms with van der Waals surface area (Å²) in [5.74, 6) is 0.461. The normalized spacial score (nSPS) is 24.7. The predicted molar refractivity (Wildman–Crippen MR) is 76.8 cm³/mol. The maximum atomic E-state index is 6.15. The minimum Gasteiger partial charge on any atom is -0.367 e. The first-order valence-corrected chi connectivity index (χ1v) is 7.54. The summed E-state index contributed by atoms with van der Waals surface area (Å²) >= 11 is 0. The molecule has 3 heterocycles. The van der Waals surface area contributed by atoms with Gasteiger partial charge in [-0.15, -0.1) is 0 Å². The van der Waals surface area contributed by atoms with Gasteiger partial charge in [-0.05, 0) is 12.8 Å². The maximum absolute atomic E-state index is 6.15. The summed E-state index contributed by atoms with van der Waals surface area (Å²) in [6, 6.07) is 0. The molecule has 0 unspecified atom stereocenters. The lowest BCUT2D eigenvalue weighted by Gasteiger charge is -2.31. The highest BCUT2D eigenvalue weighted by molar-refractivity contribution is 5.85. The Kier molecular flexibility index (Phi) is 3.23. The van der Waals surface area contributed by atoms with Crippen LogP contribution in [0.3, 0.4) is 0 Å². The van der Waals surface area contributed by atoms with Crippen LogP contribution in [-0.2, 0) is 9.47 Å². The molecule has 21 heavy (non-hydrogen) atoms. The van der Waals surface area contributed by atoms with Crippen LogP contribution >= 0.6 is 0 Å². The summed E-state index contributed by atoms with van der Waals surface area (Å²) in [6.45, 7) is 1.33. The van der Waals surface area contributed by atoms with Crippen molar-refractivity contribution in [2.45, 2.75) is 44.0 Å². The second-order valence-electron chi connectivity index (χ2n) is 5.76. The first-order chi connectivity index (χ1) is 10.3. The second kappa shape index (κ2) is 5.23. The first-order valence-electron chi connectivity index (χ1n) is 7.54. The Morgan fingerprint density at radius 3 is 3.10 bits per heavy atom. The number of H-pyrrole nitrogens is 1. The van der Waals surface area contributed by atoms with Crippen LogP contribution in [0.5, 0.6) is 0 Å². The Labute approximate surface area is 122 Å². The Bertz CT molecular complexity index is 623. The van der Waals surface area contributed by atoms with Gasteiger partial charge in [-0.1, -0.05) is 6.42 Å². The van der Waals surface area contributed by atoms with E-state index in [9.17, 15) is 0 Å². The predicted octanol–water partition coefficient (Wildman–Crippen LogP) is 1.84. The molecule has 0 radical (unpaired) electrons. The molecule has 7 heteroatoms. The number of hydrogen-bond donors (Lipinski definition) is 2. The highest BCUT2D eigenvalue weighted by Crippen LogP contribution is 2.37. The van der Waals surface area contributed by atoms with Crippen molar-refractivity contribution in [3.8, 4) is 0 Å². The molecule has 2 N–H and O–H groups in total. The minimum atomic E-state index is -0.318. The third-order valence-corrected chi connectivity index (χ3v) is 4.27. The molecule has 2 aromatic heterocycles. The fourth-order valence-corrected chi connectivity index (χ4v) is 3.19. The molecule has 112 valence electrons. The molecule has 1 saturated carbocycles. The Morgan fingerprint density at radius 2 is 2.19 bits per heavy atom. The van der Waals surface area contributed by atoms with Crippen molar-refractivity contribution in [1.29, 1.82) is 0 Å². The van der Waals surface area contributed by atoms with E-state index in [1.54, 1.807) is 6.20 Å². The summed E-state index contributed by atoms with van der Waals surface area (Å²) in [5.41, 5.74) is 0.736. The number of nitrogens with zero attached hydrogens (tertiary/aromatic N) is 3. The van der Waals surface area contributed by atoms with Gasteiger partial charge < -0.3 is 14.8 Å². The molecule has 0 bridgehead atoms. The van der Waals surface area contributed by atoms with Crippen molar-refractivity contribution in [2.75, 3.05) is 18.5 Å². The number of anilines is 1. The molecule has 0 aromatic carbocycles. The lowest BCUT2D eigenvalue weighted by atomic mass is 9.94. The number of ether oxygens (including phenoxy) is 2. The van der Waals surface area contributed by atoms with Crippen molar-refractivity contribution >= 4 is 16.9 Å². The third kappa shape index (κ3) is 2.47. The molecule has 7 nitrogen and oxygen atoms in total. The van der Waals surface area contributed by atoms with Gasteiger partial charge >= 0.3 is 0 Å². The van der Waals surface area contributed by atoms with E-state index in [4.69, 9.17) is 9.47 Å². The summed E-state index contributed by atoms with van der Waals surface area (Å²) in [4.78, 5) is 8.39. The number of hydrogen-bond acceptors (Lipinski definition) is 6. The van der Waals surface area contributed by atoms with Crippen LogP contribution in [-0.4, -0.2) is 45.2 Å². The lowest BCUT2D eigenvalue weighted by Crippen LogP contribution is -2.34. The van der Waals surface area contributed by atoms with Crippen LogP contribution < -0.4 is 5.32 Å². The largest absolute Gasteiger partial charge is 0.367 e. The van der Waals surface area contributed by atoms with Gasteiger partial charge in [0.05, 0.1) is 18.2 Å². The zero-order valence-electron chi connectivity index (χ0n) is 11.8. The summed E-state index contributed by atoms with van der Waals surface area (Å²) in [6.07, 6.45) is 9.04. The quantitative estimate of drug-likeness (QED) is 0.897. The summed E-state index contributed by atoms with van der Waals surface area (Å²) in [5, 5.41) is 11.0. The van der Waals surface area contributed by atoms with Gasteiger partial charge in [-0.2, -0.15) is 5.10 Å². The summed E-state index contributed by atoms with van der Waals surface area (Å²) < 4.78 is 12.1. The maximum Gasteiger partial charge on any atom is 0.168 e. The van der Waals surface area contributed by atoms with Gasteiger partial charge in [0.2, 0.25) is 0 Å². The average Bonchev–Trinajstić information content (AvgIpc) is 3.13. The Hall–Kier alpha value is -1.73. The van der Waals surface area contributed by atoms with Crippen LogP contribution in [0.1, 0.15) is 32.1 Å². The zero-order chi connectivity index (χ0) is 14.1.